The number of hydrogen-bond acceptors (Lipinski definition) is 0. The van der Waals surface area contributed by atoms with Gasteiger partial charge in [-0.25, -0.2) is 0 Å². The first-order valence-corrected chi connectivity index (χ1v) is 13.2. The molecule has 0 aromatic carbocycles. The second kappa shape index (κ2) is 17.0. The molecule has 0 saturated heterocycles. The third kappa shape index (κ3) is 15.3. The molecular weight excluding hydrogens is 384 g/mol. The number of rotatable bonds is 15. The molecule has 0 heterocycles. The molecule has 0 fully saturated rings. The summed E-state index contributed by atoms with van der Waals surface area (Å²) in [6, 6.07) is 0. The lowest BCUT2D eigenvalue weighted by atomic mass is 9.85. The van der Waals surface area contributed by atoms with Crippen molar-refractivity contribution in [3.63, 3.8) is 0 Å². The van der Waals surface area contributed by atoms with Crippen LogP contribution < -0.4 is 0 Å². The fourth-order valence-electron chi connectivity index (χ4n) is 4.45. The Morgan fingerprint density at radius 3 is 1.94 bits per heavy atom. The quantitative estimate of drug-likeness (QED) is 0.224. The fraction of sp³-hybridized carbons (Fsp3) is 0.625. The molecule has 1 rings (SSSR count). The molecule has 0 bridgehead atoms. The van der Waals surface area contributed by atoms with Crippen LogP contribution in [-0.4, -0.2) is 0 Å². The van der Waals surface area contributed by atoms with Gasteiger partial charge in [-0.15, -0.1) is 0 Å². The molecule has 0 nitrogen and oxygen atoms in total. The van der Waals surface area contributed by atoms with Crippen LogP contribution in [0.1, 0.15) is 125 Å². The highest BCUT2D eigenvalue weighted by atomic mass is 14.2. The Balaban J connectivity index is 2.30. The summed E-state index contributed by atoms with van der Waals surface area (Å²) in [5, 5.41) is 0. The summed E-state index contributed by atoms with van der Waals surface area (Å²) >= 11 is 0. The van der Waals surface area contributed by atoms with Gasteiger partial charge >= 0.3 is 0 Å². The Kier molecular flexibility index (Phi) is 15.1. The van der Waals surface area contributed by atoms with Crippen LogP contribution in [0, 0.1) is 5.92 Å². The van der Waals surface area contributed by atoms with E-state index in [1.165, 1.54) is 92.9 Å². The van der Waals surface area contributed by atoms with Crippen LogP contribution in [0.25, 0.3) is 0 Å². The second-order valence-electron chi connectivity index (χ2n) is 10.6. The summed E-state index contributed by atoms with van der Waals surface area (Å²) in [7, 11) is 0. The van der Waals surface area contributed by atoms with Crippen molar-refractivity contribution in [3.8, 4) is 0 Å². The zero-order chi connectivity index (χ0) is 23.8. The highest BCUT2D eigenvalue weighted by Crippen LogP contribution is 2.30. The molecule has 0 saturated carbocycles. The van der Waals surface area contributed by atoms with Crippen LogP contribution in [0.4, 0.5) is 0 Å². The van der Waals surface area contributed by atoms with E-state index in [9.17, 15) is 0 Å². The molecule has 0 heteroatoms. The highest BCUT2D eigenvalue weighted by molar-refractivity contribution is 5.11. The lowest BCUT2D eigenvalue weighted by Gasteiger charge is -2.21. The van der Waals surface area contributed by atoms with Crippen molar-refractivity contribution in [3.05, 3.63) is 70.4 Å². The normalized spacial score (nSPS) is 17.1. The molecule has 0 radical (unpaired) electrons. The van der Waals surface area contributed by atoms with Crippen LogP contribution >= 0.6 is 0 Å². The van der Waals surface area contributed by atoms with Gasteiger partial charge in [0.1, 0.15) is 0 Å². The first-order valence-electron chi connectivity index (χ1n) is 13.2. The maximum atomic E-state index is 4.37. The summed E-state index contributed by atoms with van der Waals surface area (Å²) in [4.78, 5) is 0. The Labute approximate surface area is 201 Å². The van der Waals surface area contributed by atoms with Gasteiger partial charge < -0.3 is 0 Å². The molecular formula is C32H52. The van der Waals surface area contributed by atoms with Crippen LogP contribution in [0.5, 0.6) is 0 Å². The van der Waals surface area contributed by atoms with Gasteiger partial charge in [-0.3, -0.25) is 0 Å². The zero-order valence-corrected chi connectivity index (χ0v) is 22.4. The zero-order valence-electron chi connectivity index (χ0n) is 22.4. The molecule has 180 valence electrons. The minimum absolute atomic E-state index is 0.777. The molecule has 0 N–H and O–H groups in total. The molecule has 1 unspecified atom stereocenters. The third-order valence-corrected chi connectivity index (χ3v) is 6.54. The molecule has 1 atom stereocenters. The molecule has 0 amide bonds. The summed E-state index contributed by atoms with van der Waals surface area (Å²) < 4.78 is 0. The molecule has 0 aromatic heterocycles. The minimum atomic E-state index is 0.777. The topological polar surface area (TPSA) is 0 Å². The second-order valence-corrected chi connectivity index (χ2v) is 10.6. The van der Waals surface area contributed by atoms with E-state index in [0.717, 1.165) is 18.8 Å². The molecule has 0 aliphatic heterocycles. The summed E-state index contributed by atoms with van der Waals surface area (Å²) in [5.41, 5.74) is 9.07. The van der Waals surface area contributed by atoms with E-state index in [1.807, 2.05) is 0 Å². The monoisotopic (exact) mass is 436 g/mol. The van der Waals surface area contributed by atoms with Gasteiger partial charge in [0.25, 0.3) is 0 Å². The van der Waals surface area contributed by atoms with Gasteiger partial charge in [0.2, 0.25) is 0 Å². The molecule has 1 aliphatic carbocycles. The lowest BCUT2D eigenvalue weighted by Crippen LogP contribution is -2.05. The van der Waals surface area contributed by atoms with E-state index in [4.69, 9.17) is 0 Å². The standard InChI is InChI=1S/C32H52/c1-26(2)13-8-15-28(5)17-10-18-30(7)23-24-32-22-12-21-31(25-32)20-11-19-29(6)16-9-14-27(3)4/h13-14,17,19,25,32H,7-12,15-16,18,20-24H2,1-6H3/b28-17+,29-19+. The third-order valence-electron chi connectivity index (χ3n) is 6.54. The van der Waals surface area contributed by atoms with Gasteiger partial charge in [0, 0.05) is 0 Å². The van der Waals surface area contributed by atoms with Crippen LogP contribution in [0.3, 0.4) is 0 Å². The van der Waals surface area contributed by atoms with Gasteiger partial charge in [0.05, 0.1) is 0 Å². The van der Waals surface area contributed by atoms with Crippen molar-refractivity contribution in [1.29, 1.82) is 0 Å². The van der Waals surface area contributed by atoms with Crippen LogP contribution in [-0.2, 0) is 0 Å². The van der Waals surface area contributed by atoms with E-state index in [0.29, 0.717) is 0 Å². The molecule has 1 aliphatic rings. The predicted molar refractivity (Wildman–Crippen MR) is 147 cm³/mol. The Bertz CT molecular complexity index is 696. The number of allylic oxidation sites excluding steroid dienone is 11. The molecule has 32 heavy (non-hydrogen) atoms. The van der Waals surface area contributed by atoms with Gasteiger partial charge in [0.15, 0.2) is 0 Å². The van der Waals surface area contributed by atoms with Crippen LogP contribution in [0.2, 0.25) is 0 Å². The van der Waals surface area contributed by atoms with Crippen molar-refractivity contribution in [2.24, 2.45) is 5.92 Å². The highest BCUT2D eigenvalue weighted by Gasteiger charge is 2.13. The van der Waals surface area contributed by atoms with E-state index in [1.54, 1.807) is 11.1 Å². The maximum absolute atomic E-state index is 4.37. The molecule has 0 aromatic rings. The Morgan fingerprint density at radius 1 is 0.781 bits per heavy atom. The Hall–Kier alpha value is -1.56. The van der Waals surface area contributed by atoms with Gasteiger partial charge in [-0.05, 0) is 131 Å². The largest absolute Gasteiger partial charge is 0.0999 e. The first kappa shape index (κ1) is 28.5. The van der Waals surface area contributed by atoms with Gasteiger partial charge in [-0.2, -0.15) is 0 Å². The summed E-state index contributed by atoms with van der Waals surface area (Å²) in [6.45, 7) is 17.7. The van der Waals surface area contributed by atoms with E-state index in [-0.39, 0.29) is 0 Å². The minimum Gasteiger partial charge on any atom is -0.0999 e. The lowest BCUT2D eigenvalue weighted by molar-refractivity contribution is 0.486. The van der Waals surface area contributed by atoms with Crippen molar-refractivity contribution in [2.45, 2.75) is 125 Å². The van der Waals surface area contributed by atoms with E-state index >= 15 is 0 Å². The summed E-state index contributed by atoms with van der Waals surface area (Å²) in [5.74, 6) is 0.777. The molecule has 0 spiro atoms. The average molecular weight is 437 g/mol. The number of hydrogen-bond donors (Lipinski definition) is 0. The summed E-state index contributed by atoms with van der Waals surface area (Å²) in [6.07, 6.45) is 28.3. The van der Waals surface area contributed by atoms with Gasteiger partial charge in [-0.1, -0.05) is 70.4 Å². The maximum Gasteiger partial charge on any atom is -0.0228 e. The Morgan fingerprint density at radius 2 is 1.34 bits per heavy atom. The van der Waals surface area contributed by atoms with Crippen LogP contribution in [0.15, 0.2) is 70.4 Å². The van der Waals surface area contributed by atoms with Crippen molar-refractivity contribution < 1.29 is 0 Å². The van der Waals surface area contributed by atoms with Crippen molar-refractivity contribution >= 4 is 0 Å². The SMILES string of the molecule is C=C(CC/C=C(\C)CCC=C(C)C)CCC1C=C(CC/C=C(\C)CCC=C(C)C)CCC1. The van der Waals surface area contributed by atoms with E-state index in [2.05, 4.69) is 78.5 Å². The smallest absolute Gasteiger partial charge is 0.0228 e. The first-order chi connectivity index (χ1) is 15.3. The van der Waals surface area contributed by atoms with E-state index < -0.39 is 0 Å². The van der Waals surface area contributed by atoms with Crippen molar-refractivity contribution in [2.75, 3.05) is 0 Å². The fourth-order valence-corrected chi connectivity index (χ4v) is 4.45. The average Bonchev–Trinajstić information content (AvgIpc) is 2.72. The predicted octanol–water partition coefficient (Wildman–Crippen LogP) is 11.0. The van der Waals surface area contributed by atoms with Crippen molar-refractivity contribution in [1.82, 2.24) is 0 Å².